The van der Waals surface area contributed by atoms with E-state index >= 15 is 0 Å². The molecule has 4 nitrogen and oxygen atoms in total. The van der Waals surface area contributed by atoms with E-state index in [2.05, 4.69) is 4.74 Å². The maximum absolute atomic E-state index is 11.1. The molecule has 0 radical (unpaired) electrons. The lowest BCUT2D eigenvalue weighted by molar-refractivity contribution is 0.0582. The molecule has 0 spiro atoms. The standard InChI is InChI=1S/C9H7ClO4/c1-14-9(13)7-4-5(10)2-3-6(7)8(11)12/h2-4H,1H3,(H,11,12). The third-order valence-corrected chi connectivity index (χ3v) is 1.85. The highest BCUT2D eigenvalue weighted by molar-refractivity contribution is 6.31. The summed E-state index contributed by atoms with van der Waals surface area (Å²) in [4.78, 5) is 21.8. The summed E-state index contributed by atoms with van der Waals surface area (Å²) in [6.45, 7) is 0. The van der Waals surface area contributed by atoms with Crippen molar-refractivity contribution in [2.45, 2.75) is 0 Å². The van der Waals surface area contributed by atoms with Crippen LogP contribution in [0.1, 0.15) is 20.7 Å². The summed E-state index contributed by atoms with van der Waals surface area (Å²) in [5, 5.41) is 9.04. The Morgan fingerprint density at radius 2 is 2.00 bits per heavy atom. The van der Waals surface area contributed by atoms with Crippen molar-refractivity contribution >= 4 is 23.5 Å². The fourth-order valence-corrected chi connectivity index (χ4v) is 1.15. The third-order valence-electron chi connectivity index (χ3n) is 1.62. The molecular formula is C9H7ClO4. The Balaban J connectivity index is 3.29. The fourth-order valence-electron chi connectivity index (χ4n) is 0.982. The number of hydrogen-bond donors (Lipinski definition) is 1. The van der Waals surface area contributed by atoms with Crippen molar-refractivity contribution in [2.75, 3.05) is 7.11 Å². The van der Waals surface area contributed by atoms with E-state index in [0.717, 1.165) is 0 Å². The van der Waals surface area contributed by atoms with Crippen LogP contribution in [-0.4, -0.2) is 24.2 Å². The van der Waals surface area contributed by atoms with Gasteiger partial charge in [-0.15, -0.1) is 0 Å². The average Bonchev–Trinajstić information content (AvgIpc) is 2.16. The number of carbonyl (C=O) groups excluding carboxylic acids is 1. The Morgan fingerprint density at radius 3 is 2.50 bits per heavy atom. The number of esters is 1. The first kappa shape index (κ1) is 10.5. The Hall–Kier alpha value is -1.55. The summed E-state index contributed by atoms with van der Waals surface area (Å²) >= 11 is 5.62. The number of halogens is 1. The summed E-state index contributed by atoms with van der Waals surface area (Å²) in [6.07, 6.45) is 0. The van der Waals surface area contributed by atoms with Gasteiger partial charge in [0.15, 0.2) is 0 Å². The number of rotatable bonds is 2. The second kappa shape index (κ2) is 4.11. The normalized spacial score (nSPS) is 9.57. The Labute approximate surface area is 85.1 Å². The maximum atomic E-state index is 11.1. The molecule has 1 rings (SSSR count). The van der Waals surface area contributed by atoms with Crippen molar-refractivity contribution in [3.63, 3.8) is 0 Å². The van der Waals surface area contributed by atoms with E-state index in [1.807, 2.05) is 0 Å². The van der Waals surface area contributed by atoms with Gasteiger partial charge in [-0.1, -0.05) is 11.6 Å². The molecule has 0 atom stereocenters. The number of carbonyl (C=O) groups is 2. The van der Waals surface area contributed by atoms with Crippen molar-refractivity contribution < 1.29 is 19.4 Å². The number of ether oxygens (including phenoxy) is 1. The molecule has 14 heavy (non-hydrogen) atoms. The van der Waals surface area contributed by atoms with Gasteiger partial charge in [0, 0.05) is 5.02 Å². The first-order valence-corrected chi connectivity index (χ1v) is 4.05. The van der Waals surface area contributed by atoms with Crippen LogP contribution in [0, 0.1) is 0 Å². The predicted molar refractivity (Wildman–Crippen MR) is 49.8 cm³/mol. The van der Waals surface area contributed by atoms with Crippen LogP contribution in [-0.2, 0) is 4.74 Å². The average molecular weight is 215 g/mol. The molecule has 0 aliphatic heterocycles. The number of carboxylic acids is 1. The molecule has 0 saturated heterocycles. The number of benzene rings is 1. The number of carboxylic acid groups (broad SMARTS) is 1. The summed E-state index contributed by atoms with van der Waals surface area (Å²) in [6, 6.07) is 3.92. The molecule has 0 unspecified atom stereocenters. The summed E-state index contributed by atoms with van der Waals surface area (Å²) in [5.74, 6) is -1.91. The first-order chi connectivity index (χ1) is 6.56. The molecule has 1 N–H and O–H groups in total. The monoisotopic (exact) mass is 214 g/mol. The largest absolute Gasteiger partial charge is 0.478 e. The van der Waals surface area contributed by atoms with Crippen LogP contribution >= 0.6 is 11.6 Å². The summed E-state index contributed by atoms with van der Waals surface area (Å²) in [5.41, 5.74) is -0.172. The lowest BCUT2D eigenvalue weighted by Crippen LogP contribution is -2.09. The minimum Gasteiger partial charge on any atom is -0.478 e. The van der Waals surface area contributed by atoms with Crippen molar-refractivity contribution in [1.29, 1.82) is 0 Å². The first-order valence-electron chi connectivity index (χ1n) is 3.67. The minimum atomic E-state index is -1.19. The van der Waals surface area contributed by atoms with Gasteiger partial charge in [-0.05, 0) is 18.2 Å². The SMILES string of the molecule is COC(=O)c1cc(Cl)ccc1C(=O)O. The predicted octanol–water partition coefficient (Wildman–Crippen LogP) is 1.82. The van der Waals surface area contributed by atoms with E-state index in [0.29, 0.717) is 0 Å². The highest BCUT2D eigenvalue weighted by Crippen LogP contribution is 2.16. The highest BCUT2D eigenvalue weighted by Gasteiger charge is 2.16. The zero-order valence-electron chi connectivity index (χ0n) is 7.28. The second-order valence-corrected chi connectivity index (χ2v) is 2.92. The Bertz CT molecular complexity index is 386. The van der Waals surface area contributed by atoms with Gasteiger partial charge in [-0.2, -0.15) is 0 Å². The molecular weight excluding hydrogens is 208 g/mol. The molecule has 0 aliphatic rings. The van der Waals surface area contributed by atoms with E-state index in [1.165, 1.54) is 25.3 Å². The van der Waals surface area contributed by atoms with Crippen LogP contribution in [0.5, 0.6) is 0 Å². The van der Waals surface area contributed by atoms with Gasteiger partial charge in [0.2, 0.25) is 0 Å². The smallest absolute Gasteiger partial charge is 0.338 e. The molecule has 1 aromatic rings. The highest BCUT2D eigenvalue weighted by atomic mass is 35.5. The van der Waals surface area contributed by atoms with Crippen molar-refractivity contribution in [3.8, 4) is 0 Å². The summed E-state index contributed by atoms with van der Waals surface area (Å²) in [7, 11) is 1.18. The summed E-state index contributed by atoms with van der Waals surface area (Å²) < 4.78 is 4.42. The molecule has 5 heteroatoms. The lowest BCUT2D eigenvalue weighted by Gasteiger charge is -2.03. The van der Waals surface area contributed by atoms with Crippen molar-refractivity contribution in [3.05, 3.63) is 34.3 Å². The number of methoxy groups -OCH3 is 1. The van der Waals surface area contributed by atoms with Crippen LogP contribution in [0.3, 0.4) is 0 Å². The fraction of sp³-hybridized carbons (Fsp3) is 0.111. The van der Waals surface area contributed by atoms with Crippen LogP contribution in [0.25, 0.3) is 0 Å². The van der Waals surface area contributed by atoms with Crippen molar-refractivity contribution in [1.82, 2.24) is 0 Å². The van der Waals surface area contributed by atoms with E-state index < -0.39 is 11.9 Å². The zero-order valence-corrected chi connectivity index (χ0v) is 8.04. The molecule has 0 saturated carbocycles. The number of aromatic carboxylic acids is 1. The van der Waals surface area contributed by atoms with Gasteiger partial charge in [0.1, 0.15) is 0 Å². The molecule has 0 heterocycles. The van der Waals surface area contributed by atoms with E-state index in [4.69, 9.17) is 16.7 Å². The van der Waals surface area contributed by atoms with Gasteiger partial charge < -0.3 is 9.84 Å². The molecule has 0 fully saturated rings. The zero-order chi connectivity index (χ0) is 10.7. The molecule has 0 aliphatic carbocycles. The van der Waals surface area contributed by atoms with E-state index in [-0.39, 0.29) is 16.1 Å². The Morgan fingerprint density at radius 1 is 1.36 bits per heavy atom. The van der Waals surface area contributed by atoms with Crippen LogP contribution < -0.4 is 0 Å². The van der Waals surface area contributed by atoms with Crippen molar-refractivity contribution in [2.24, 2.45) is 0 Å². The minimum absolute atomic E-state index is 0.0486. The van der Waals surface area contributed by atoms with Crippen LogP contribution in [0.2, 0.25) is 5.02 Å². The molecule has 1 aromatic carbocycles. The van der Waals surface area contributed by atoms with Gasteiger partial charge in [-0.25, -0.2) is 9.59 Å². The number of hydrogen-bond acceptors (Lipinski definition) is 3. The topological polar surface area (TPSA) is 63.6 Å². The lowest BCUT2D eigenvalue weighted by atomic mass is 10.1. The van der Waals surface area contributed by atoms with Gasteiger partial charge in [0.05, 0.1) is 18.2 Å². The second-order valence-electron chi connectivity index (χ2n) is 2.49. The quantitative estimate of drug-likeness (QED) is 0.763. The molecule has 0 amide bonds. The maximum Gasteiger partial charge on any atom is 0.338 e. The van der Waals surface area contributed by atoms with Gasteiger partial charge in [0.25, 0.3) is 0 Å². The van der Waals surface area contributed by atoms with E-state index in [9.17, 15) is 9.59 Å². The molecule has 0 aromatic heterocycles. The third kappa shape index (κ3) is 2.03. The van der Waals surface area contributed by atoms with Crippen LogP contribution in [0.4, 0.5) is 0 Å². The Kier molecular flexibility index (Phi) is 3.09. The molecule has 0 bridgehead atoms. The van der Waals surface area contributed by atoms with Gasteiger partial charge >= 0.3 is 11.9 Å². The van der Waals surface area contributed by atoms with Crippen LogP contribution in [0.15, 0.2) is 18.2 Å². The molecule has 74 valence electrons. The van der Waals surface area contributed by atoms with Gasteiger partial charge in [-0.3, -0.25) is 0 Å². The van der Waals surface area contributed by atoms with E-state index in [1.54, 1.807) is 0 Å².